The number of aromatic nitrogens is 1. The van der Waals surface area contributed by atoms with Gasteiger partial charge in [-0.15, -0.1) is 0 Å². The molecule has 0 aromatic carbocycles. The van der Waals surface area contributed by atoms with Crippen LogP contribution in [0.1, 0.15) is 25.8 Å². The van der Waals surface area contributed by atoms with Crippen LogP contribution in [0.25, 0.3) is 0 Å². The Kier molecular flexibility index (Phi) is 4.35. The van der Waals surface area contributed by atoms with E-state index in [-0.39, 0.29) is 11.9 Å². The zero-order chi connectivity index (χ0) is 14.2. The maximum Gasteiger partial charge on any atom is 0.240 e. The minimum atomic E-state index is -0.509. The van der Waals surface area contributed by atoms with E-state index in [1.54, 1.807) is 4.90 Å². The lowest BCUT2D eigenvalue weighted by atomic mass is 10.2. The molecule has 5 nitrogen and oxygen atoms in total. The van der Waals surface area contributed by atoms with E-state index in [0.29, 0.717) is 19.4 Å². The Hall–Kier alpha value is -0.820. The van der Waals surface area contributed by atoms with Crippen molar-refractivity contribution in [2.75, 3.05) is 6.54 Å². The molecule has 1 aromatic rings. The number of carbonyl (C=O) groups is 2. The highest BCUT2D eigenvalue weighted by atomic mass is 79.9. The molecule has 0 aliphatic carbocycles. The van der Waals surface area contributed by atoms with Gasteiger partial charge < -0.3 is 15.2 Å². The van der Waals surface area contributed by atoms with Crippen LogP contribution in [0.3, 0.4) is 0 Å². The van der Waals surface area contributed by atoms with Crippen LogP contribution in [0.5, 0.6) is 0 Å². The molecule has 2 N–H and O–H groups in total. The second-order valence-corrected chi connectivity index (χ2v) is 6.20. The number of nitrogens with zero attached hydrogens (tertiary/aromatic N) is 2. The van der Waals surface area contributed by atoms with Crippen LogP contribution in [-0.2, 0) is 9.59 Å². The quantitative estimate of drug-likeness (QED) is 0.851. The number of primary amides is 1. The molecular weight excluding hydrogens is 378 g/mol. The van der Waals surface area contributed by atoms with Crippen LogP contribution < -0.4 is 5.73 Å². The van der Waals surface area contributed by atoms with Gasteiger partial charge in [-0.1, -0.05) is 6.92 Å². The van der Waals surface area contributed by atoms with E-state index < -0.39 is 11.9 Å². The highest BCUT2D eigenvalue weighted by molar-refractivity contribution is 9.11. The predicted octanol–water partition coefficient (Wildman–Crippen LogP) is 2.05. The Morgan fingerprint density at radius 2 is 2.05 bits per heavy atom. The van der Waals surface area contributed by atoms with E-state index in [1.165, 1.54) is 0 Å². The lowest BCUT2D eigenvalue weighted by Crippen LogP contribution is -2.45. The minimum absolute atomic E-state index is 0.0136. The molecule has 0 radical (unpaired) electrons. The molecular formula is C12H15Br2N3O2. The first-order chi connectivity index (χ1) is 8.95. The highest BCUT2D eigenvalue weighted by Gasteiger charge is 2.37. The smallest absolute Gasteiger partial charge is 0.240 e. The van der Waals surface area contributed by atoms with E-state index in [2.05, 4.69) is 31.9 Å². The van der Waals surface area contributed by atoms with E-state index in [9.17, 15) is 9.59 Å². The SMILES string of the molecule is CCC(C(N)=O)N1CC(n2c(Br)ccc2Br)CC1=O. The Balaban J connectivity index is 2.22. The maximum absolute atomic E-state index is 12.1. The summed E-state index contributed by atoms with van der Waals surface area (Å²) in [5.74, 6) is -0.467. The van der Waals surface area contributed by atoms with Gasteiger partial charge >= 0.3 is 0 Å². The lowest BCUT2D eigenvalue weighted by Gasteiger charge is -2.24. The Labute approximate surface area is 128 Å². The second-order valence-electron chi connectivity index (χ2n) is 4.58. The van der Waals surface area contributed by atoms with Gasteiger partial charge in [-0.3, -0.25) is 9.59 Å². The van der Waals surface area contributed by atoms with Crippen molar-refractivity contribution in [3.8, 4) is 0 Å². The van der Waals surface area contributed by atoms with E-state index in [0.717, 1.165) is 9.21 Å². The number of likely N-dealkylation sites (tertiary alicyclic amines) is 1. The summed E-state index contributed by atoms with van der Waals surface area (Å²) in [6.45, 7) is 2.36. The van der Waals surface area contributed by atoms with Crippen molar-refractivity contribution in [3.63, 3.8) is 0 Å². The molecule has 1 saturated heterocycles. The number of nitrogens with two attached hydrogens (primary N) is 1. The molecule has 7 heteroatoms. The zero-order valence-electron chi connectivity index (χ0n) is 10.5. The van der Waals surface area contributed by atoms with Gasteiger partial charge in [0.15, 0.2) is 0 Å². The summed E-state index contributed by atoms with van der Waals surface area (Å²) < 4.78 is 3.82. The fourth-order valence-corrected chi connectivity index (χ4v) is 3.97. The molecule has 2 amide bonds. The van der Waals surface area contributed by atoms with Gasteiger partial charge in [-0.25, -0.2) is 0 Å². The van der Waals surface area contributed by atoms with Crippen LogP contribution in [-0.4, -0.2) is 33.9 Å². The Morgan fingerprint density at radius 1 is 1.47 bits per heavy atom. The molecule has 0 saturated carbocycles. The molecule has 104 valence electrons. The average molecular weight is 393 g/mol. The van der Waals surface area contributed by atoms with Gasteiger partial charge in [-0.05, 0) is 50.4 Å². The third-order valence-corrected chi connectivity index (χ3v) is 4.71. The van der Waals surface area contributed by atoms with Crippen LogP contribution >= 0.6 is 31.9 Å². The molecule has 1 aliphatic rings. The first-order valence-corrected chi connectivity index (χ1v) is 7.65. The third-order valence-electron chi connectivity index (χ3n) is 3.41. The van der Waals surface area contributed by atoms with Crippen molar-refractivity contribution in [3.05, 3.63) is 21.3 Å². The van der Waals surface area contributed by atoms with Gasteiger partial charge in [-0.2, -0.15) is 0 Å². The van der Waals surface area contributed by atoms with Crippen LogP contribution in [0.4, 0.5) is 0 Å². The van der Waals surface area contributed by atoms with Crippen LogP contribution in [0.2, 0.25) is 0 Å². The highest BCUT2D eigenvalue weighted by Crippen LogP contribution is 2.32. The largest absolute Gasteiger partial charge is 0.368 e. The molecule has 1 aliphatic heterocycles. The summed E-state index contributed by atoms with van der Waals surface area (Å²) in [6, 6.07) is 3.34. The minimum Gasteiger partial charge on any atom is -0.368 e. The maximum atomic E-state index is 12.1. The molecule has 1 fully saturated rings. The molecule has 1 aromatic heterocycles. The molecule has 2 rings (SSSR count). The fraction of sp³-hybridized carbons (Fsp3) is 0.500. The number of hydrogen-bond acceptors (Lipinski definition) is 2. The summed E-state index contributed by atoms with van der Waals surface area (Å²) in [7, 11) is 0. The average Bonchev–Trinajstić information content (AvgIpc) is 2.84. The normalized spacial score (nSPS) is 20.9. The Morgan fingerprint density at radius 3 is 2.53 bits per heavy atom. The molecule has 0 spiro atoms. The molecule has 19 heavy (non-hydrogen) atoms. The standard InChI is InChI=1S/C12H15Br2N3O2/c1-2-8(12(15)19)16-6-7(5-11(16)18)17-9(13)3-4-10(17)14/h3-4,7-8H,2,5-6H2,1H3,(H2,15,19). The first kappa shape index (κ1) is 14.6. The van der Waals surface area contributed by atoms with E-state index in [1.807, 2.05) is 23.6 Å². The summed E-state index contributed by atoms with van der Waals surface area (Å²) >= 11 is 6.92. The Bertz CT molecular complexity index is 496. The summed E-state index contributed by atoms with van der Waals surface area (Å²) in [5, 5.41) is 0. The van der Waals surface area contributed by atoms with Gasteiger partial charge in [0.25, 0.3) is 0 Å². The molecule has 2 heterocycles. The third kappa shape index (κ3) is 2.72. The van der Waals surface area contributed by atoms with Crippen molar-refractivity contribution in [2.24, 2.45) is 5.73 Å². The van der Waals surface area contributed by atoms with Gasteiger partial charge in [0.05, 0.1) is 15.2 Å². The number of amides is 2. The van der Waals surface area contributed by atoms with Gasteiger partial charge in [0, 0.05) is 13.0 Å². The predicted molar refractivity (Wildman–Crippen MR) is 78.5 cm³/mol. The monoisotopic (exact) mass is 391 g/mol. The van der Waals surface area contributed by atoms with Gasteiger partial charge in [0.2, 0.25) is 11.8 Å². The summed E-state index contributed by atoms with van der Waals surface area (Å²) in [4.78, 5) is 25.1. The lowest BCUT2D eigenvalue weighted by molar-refractivity contribution is -0.136. The summed E-state index contributed by atoms with van der Waals surface area (Å²) in [5.41, 5.74) is 5.36. The zero-order valence-corrected chi connectivity index (χ0v) is 13.6. The van der Waals surface area contributed by atoms with E-state index >= 15 is 0 Å². The second kappa shape index (κ2) is 5.66. The van der Waals surface area contributed by atoms with Crippen molar-refractivity contribution < 1.29 is 9.59 Å². The van der Waals surface area contributed by atoms with Crippen LogP contribution in [0, 0.1) is 0 Å². The number of carbonyl (C=O) groups excluding carboxylic acids is 2. The van der Waals surface area contributed by atoms with E-state index in [4.69, 9.17) is 5.73 Å². The number of rotatable bonds is 4. The fourth-order valence-electron chi connectivity index (χ4n) is 2.51. The van der Waals surface area contributed by atoms with Crippen molar-refractivity contribution in [1.82, 2.24) is 9.47 Å². The van der Waals surface area contributed by atoms with Crippen LogP contribution in [0.15, 0.2) is 21.3 Å². The molecule has 2 unspecified atom stereocenters. The number of halogens is 2. The first-order valence-electron chi connectivity index (χ1n) is 6.06. The van der Waals surface area contributed by atoms with Gasteiger partial charge in [0.1, 0.15) is 6.04 Å². The summed E-state index contributed by atoms with van der Waals surface area (Å²) in [6.07, 6.45) is 0.928. The molecule has 0 bridgehead atoms. The van der Waals surface area contributed by atoms with Crippen molar-refractivity contribution in [2.45, 2.75) is 31.8 Å². The number of hydrogen-bond donors (Lipinski definition) is 1. The van der Waals surface area contributed by atoms with Crippen molar-refractivity contribution in [1.29, 1.82) is 0 Å². The topological polar surface area (TPSA) is 68.3 Å². The molecule has 2 atom stereocenters. The van der Waals surface area contributed by atoms with Crippen molar-refractivity contribution >= 4 is 43.7 Å².